The van der Waals surface area contributed by atoms with Gasteiger partial charge in [0.05, 0.1) is 20.3 Å². The van der Waals surface area contributed by atoms with Crippen LogP contribution in [0.4, 0.5) is 5.69 Å². The standard InChI is InChI=1S/C20H23BrN2O3/c1-13(20(24)22-17-6-4-16(21)5-7-17)23-9-8-14-10-18(25-2)19(26-3)11-15(14)12-23/h4-7,10-11,13H,8-9,12H2,1-3H3,(H,22,24)/t13-/m1/s1. The number of nitrogens with zero attached hydrogens (tertiary/aromatic N) is 1. The van der Waals surface area contributed by atoms with E-state index in [1.807, 2.05) is 43.3 Å². The summed E-state index contributed by atoms with van der Waals surface area (Å²) in [6.45, 7) is 3.49. The zero-order valence-electron chi connectivity index (χ0n) is 15.2. The number of carbonyl (C=O) groups is 1. The molecular weight excluding hydrogens is 396 g/mol. The number of amides is 1. The molecule has 0 fully saturated rings. The van der Waals surface area contributed by atoms with E-state index in [-0.39, 0.29) is 11.9 Å². The first-order valence-electron chi connectivity index (χ1n) is 8.56. The zero-order valence-corrected chi connectivity index (χ0v) is 16.8. The van der Waals surface area contributed by atoms with Gasteiger partial charge in [0.25, 0.3) is 0 Å². The number of benzene rings is 2. The van der Waals surface area contributed by atoms with Crippen LogP contribution in [0.2, 0.25) is 0 Å². The van der Waals surface area contributed by atoms with E-state index in [0.29, 0.717) is 6.54 Å². The molecule has 3 rings (SSSR count). The van der Waals surface area contributed by atoms with Gasteiger partial charge in [-0.2, -0.15) is 0 Å². The molecule has 1 heterocycles. The van der Waals surface area contributed by atoms with Gasteiger partial charge in [0, 0.05) is 23.2 Å². The highest BCUT2D eigenvalue weighted by atomic mass is 79.9. The molecule has 0 bridgehead atoms. The Morgan fingerprint density at radius 3 is 2.35 bits per heavy atom. The van der Waals surface area contributed by atoms with E-state index in [9.17, 15) is 4.79 Å². The molecule has 1 amide bonds. The fourth-order valence-corrected chi connectivity index (χ4v) is 3.45. The summed E-state index contributed by atoms with van der Waals surface area (Å²) in [6.07, 6.45) is 0.881. The summed E-state index contributed by atoms with van der Waals surface area (Å²) in [7, 11) is 3.28. The van der Waals surface area contributed by atoms with Crippen molar-refractivity contribution in [1.82, 2.24) is 4.90 Å². The van der Waals surface area contributed by atoms with Crippen LogP contribution in [0.25, 0.3) is 0 Å². The van der Waals surface area contributed by atoms with E-state index in [0.717, 1.165) is 34.6 Å². The van der Waals surface area contributed by atoms with Gasteiger partial charge < -0.3 is 14.8 Å². The first kappa shape index (κ1) is 18.7. The average Bonchev–Trinajstić information content (AvgIpc) is 2.67. The molecule has 0 spiro atoms. The maximum atomic E-state index is 12.6. The Morgan fingerprint density at radius 2 is 1.73 bits per heavy atom. The van der Waals surface area contributed by atoms with Crippen molar-refractivity contribution >= 4 is 27.5 Å². The second-order valence-electron chi connectivity index (χ2n) is 6.37. The molecule has 5 nitrogen and oxygen atoms in total. The molecule has 0 saturated heterocycles. The number of fused-ring (bicyclic) bond motifs is 1. The Morgan fingerprint density at radius 1 is 1.12 bits per heavy atom. The van der Waals surface area contributed by atoms with Crippen molar-refractivity contribution in [3.63, 3.8) is 0 Å². The first-order chi connectivity index (χ1) is 12.5. The minimum atomic E-state index is -0.222. The number of halogens is 1. The van der Waals surface area contributed by atoms with Crippen LogP contribution in [0.15, 0.2) is 40.9 Å². The van der Waals surface area contributed by atoms with Crippen molar-refractivity contribution in [3.05, 3.63) is 52.0 Å². The summed E-state index contributed by atoms with van der Waals surface area (Å²) in [5.74, 6) is 1.47. The van der Waals surface area contributed by atoms with Gasteiger partial charge in [-0.25, -0.2) is 0 Å². The lowest BCUT2D eigenvalue weighted by Gasteiger charge is -2.33. The summed E-state index contributed by atoms with van der Waals surface area (Å²) < 4.78 is 11.8. The number of methoxy groups -OCH3 is 2. The second-order valence-corrected chi connectivity index (χ2v) is 7.28. The van der Waals surface area contributed by atoms with Gasteiger partial charge in [0.15, 0.2) is 11.5 Å². The van der Waals surface area contributed by atoms with Gasteiger partial charge in [-0.15, -0.1) is 0 Å². The van der Waals surface area contributed by atoms with Crippen molar-refractivity contribution < 1.29 is 14.3 Å². The average molecular weight is 419 g/mol. The molecular formula is C20H23BrN2O3. The van der Waals surface area contributed by atoms with E-state index in [2.05, 4.69) is 26.1 Å². The molecule has 0 aliphatic carbocycles. The molecule has 6 heteroatoms. The summed E-state index contributed by atoms with van der Waals surface area (Å²) in [5, 5.41) is 2.98. The van der Waals surface area contributed by atoms with Crippen LogP contribution >= 0.6 is 15.9 Å². The predicted octanol–water partition coefficient (Wildman–Crippen LogP) is 3.85. The van der Waals surface area contributed by atoms with Gasteiger partial charge >= 0.3 is 0 Å². The van der Waals surface area contributed by atoms with E-state index in [1.165, 1.54) is 11.1 Å². The molecule has 1 aliphatic rings. The van der Waals surface area contributed by atoms with E-state index in [4.69, 9.17) is 9.47 Å². The summed E-state index contributed by atoms with van der Waals surface area (Å²) >= 11 is 3.40. The summed E-state index contributed by atoms with van der Waals surface area (Å²) in [6, 6.07) is 11.4. The normalized spacial score (nSPS) is 15.1. The largest absolute Gasteiger partial charge is 0.493 e. The lowest BCUT2D eigenvalue weighted by atomic mass is 9.97. The molecule has 2 aromatic carbocycles. The molecule has 1 atom stereocenters. The third-order valence-corrected chi connectivity index (χ3v) is 5.32. The maximum absolute atomic E-state index is 12.6. The Kier molecular flexibility index (Phi) is 5.84. The highest BCUT2D eigenvalue weighted by molar-refractivity contribution is 9.10. The summed E-state index contributed by atoms with van der Waals surface area (Å²) in [5.41, 5.74) is 3.23. The molecule has 0 saturated carbocycles. The second kappa shape index (κ2) is 8.10. The van der Waals surface area contributed by atoms with E-state index in [1.54, 1.807) is 14.2 Å². The van der Waals surface area contributed by atoms with Gasteiger partial charge in [-0.05, 0) is 60.9 Å². The lowest BCUT2D eigenvalue weighted by Crippen LogP contribution is -2.44. The number of ether oxygens (including phenoxy) is 2. The highest BCUT2D eigenvalue weighted by Gasteiger charge is 2.26. The van der Waals surface area contributed by atoms with Crippen LogP contribution in [0.3, 0.4) is 0 Å². The van der Waals surface area contributed by atoms with Gasteiger partial charge in [0.1, 0.15) is 0 Å². The minimum absolute atomic E-state index is 0.00347. The third kappa shape index (κ3) is 4.02. The molecule has 0 radical (unpaired) electrons. The monoisotopic (exact) mass is 418 g/mol. The van der Waals surface area contributed by atoms with E-state index >= 15 is 0 Å². The number of nitrogens with one attached hydrogen (secondary N) is 1. The van der Waals surface area contributed by atoms with Crippen molar-refractivity contribution in [2.45, 2.75) is 25.9 Å². The van der Waals surface area contributed by atoms with Crippen LogP contribution in [0.1, 0.15) is 18.1 Å². The third-order valence-electron chi connectivity index (χ3n) is 4.79. The topological polar surface area (TPSA) is 50.8 Å². The number of carbonyl (C=O) groups excluding carboxylic acids is 1. The van der Waals surface area contributed by atoms with Crippen LogP contribution < -0.4 is 14.8 Å². The zero-order chi connectivity index (χ0) is 18.7. The van der Waals surface area contributed by atoms with Crippen molar-refractivity contribution in [1.29, 1.82) is 0 Å². The van der Waals surface area contributed by atoms with Crippen molar-refractivity contribution in [3.8, 4) is 11.5 Å². The Hall–Kier alpha value is -2.05. The number of anilines is 1. The fourth-order valence-electron chi connectivity index (χ4n) is 3.18. The first-order valence-corrected chi connectivity index (χ1v) is 9.35. The molecule has 0 aromatic heterocycles. The Labute approximate surface area is 162 Å². The molecule has 138 valence electrons. The van der Waals surface area contributed by atoms with Gasteiger partial charge in [0.2, 0.25) is 5.91 Å². The fraction of sp³-hybridized carbons (Fsp3) is 0.350. The quantitative estimate of drug-likeness (QED) is 0.800. The smallest absolute Gasteiger partial charge is 0.241 e. The SMILES string of the molecule is COc1cc2c(cc1OC)CN([C@H](C)C(=O)Nc1ccc(Br)cc1)CC2. The number of rotatable bonds is 5. The molecule has 26 heavy (non-hydrogen) atoms. The molecule has 0 unspecified atom stereocenters. The minimum Gasteiger partial charge on any atom is -0.493 e. The number of hydrogen-bond acceptors (Lipinski definition) is 4. The van der Waals surface area contributed by atoms with Crippen LogP contribution in [0, 0.1) is 0 Å². The lowest BCUT2D eigenvalue weighted by molar-refractivity contribution is -0.121. The highest BCUT2D eigenvalue weighted by Crippen LogP contribution is 2.33. The number of hydrogen-bond donors (Lipinski definition) is 1. The van der Waals surface area contributed by atoms with Crippen molar-refractivity contribution in [2.75, 3.05) is 26.1 Å². The van der Waals surface area contributed by atoms with Crippen LogP contribution in [-0.4, -0.2) is 37.6 Å². The summed E-state index contributed by atoms with van der Waals surface area (Å²) in [4.78, 5) is 14.8. The molecule has 1 aliphatic heterocycles. The van der Waals surface area contributed by atoms with Gasteiger partial charge in [-0.3, -0.25) is 9.69 Å². The van der Waals surface area contributed by atoms with Gasteiger partial charge in [-0.1, -0.05) is 15.9 Å². The Bertz CT molecular complexity index is 792. The van der Waals surface area contributed by atoms with E-state index < -0.39 is 0 Å². The molecule has 1 N–H and O–H groups in total. The van der Waals surface area contributed by atoms with Crippen LogP contribution in [0.5, 0.6) is 11.5 Å². The molecule has 2 aromatic rings. The predicted molar refractivity (Wildman–Crippen MR) is 106 cm³/mol. The maximum Gasteiger partial charge on any atom is 0.241 e. The Balaban J connectivity index is 1.71. The van der Waals surface area contributed by atoms with Crippen LogP contribution in [-0.2, 0) is 17.8 Å². The van der Waals surface area contributed by atoms with Crippen molar-refractivity contribution in [2.24, 2.45) is 0 Å².